The van der Waals surface area contributed by atoms with Gasteiger partial charge in [-0.2, -0.15) is 0 Å². The Morgan fingerprint density at radius 1 is 1.25 bits per heavy atom. The molecule has 2 heteroatoms. The number of carbonyl (C=O) groups excluding carboxylic acids is 1. The summed E-state index contributed by atoms with van der Waals surface area (Å²) in [6.07, 6.45) is 6.46. The molecule has 0 aliphatic rings. The molecule has 0 amide bonds. The van der Waals surface area contributed by atoms with Crippen molar-refractivity contribution < 1.29 is 9.53 Å². The molecule has 0 saturated heterocycles. The SMILES string of the molecule is C=CCCCC(=O)OCCC=C. The molecule has 0 aliphatic carbocycles. The summed E-state index contributed by atoms with van der Waals surface area (Å²) in [6.45, 7) is 7.55. The van der Waals surface area contributed by atoms with E-state index in [9.17, 15) is 4.79 Å². The van der Waals surface area contributed by atoms with Crippen LogP contribution in [-0.2, 0) is 9.53 Å². The van der Waals surface area contributed by atoms with Crippen LogP contribution in [0.15, 0.2) is 25.3 Å². The van der Waals surface area contributed by atoms with Gasteiger partial charge >= 0.3 is 5.97 Å². The Labute approximate surface area is 73.9 Å². The monoisotopic (exact) mass is 168 g/mol. The maximum absolute atomic E-state index is 10.9. The number of hydrogen-bond donors (Lipinski definition) is 0. The van der Waals surface area contributed by atoms with E-state index in [-0.39, 0.29) is 5.97 Å². The fourth-order valence-electron chi connectivity index (χ4n) is 0.719. The van der Waals surface area contributed by atoms with Gasteiger partial charge in [0.05, 0.1) is 6.61 Å². The summed E-state index contributed by atoms with van der Waals surface area (Å²) in [5, 5.41) is 0. The van der Waals surface area contributed by atoms with Crippen molar-refractivity contribution in [2.24, 2.45) is 0 Å². The van der Waals surface area contributed by atoms with Crippen molar-refractivity contribution in [2.45, 2.75) is 25.7 Å². The second-order valence-corrected chi connectivity index (χ2v) is 2.48. The summed E-state index contributed by atoms with van der Waals surface area (Å²) in [5.41, 5.74) is 0. The summed E-state index contributed by atoms with van der Waals surface area (Å²) >= 11 is 0. The zero-order valence-electron chi connectivity index (χ0n) is 7.42. The maximum atomic E-state index is 10.9. The minimum absolute atomic E-state index is 0.126. The number of carbonyl (C=O) groups is 1. The highest BCUT2D eigenvalue weighted by Crippen LogP contribution is 1.98. The quantitative estimate of drug-likeness (QED) is 0.331. The predicted octanol–water partition coefficient (Wildman–Crippen LogP) is 2.46. The molecule has 0 unspecified atom stereocenters. The van der Waals surface area contributed by atoms with Crippen LogP contribution < -0.4 is 0 Å². The third-order valence-corrected chi connectivity index (χ3v) is 1.37. The summed E-state index contributed by atoms with van der Waals surface area (Å²) in [4.78, 5) is 10.9. The molecule has 0 radical (unpaired) electrons. The van der Waals surface area contributed by atoms with Crippen molar-refractivity contribution in [3.05, 3.63) is 25.3 Å². The highest BCUT2D eigenvalue weighted by atomic mass is 16.5. The van der Waals surface area contributed by atoms with E-state index in [1.807, 2.05) is 0 Å². The zero-order valence-corrected chi connectivity index (χ0v) is 7.42. The second-order valence-electron chi connectivity index (χ2n) is 2.48. The van der Waals surface area contributed by atoms with Crippen LogP contribution in [0.3, 0.4) is 0 Å². The number of ether oxygens (including phenoxy) is 1. The average Bonchev–Trinajstić information content (AvgIpc) is 2.06. The van der Waals surface area contributed by atoms with Crippen LogP contribution in [0.5, 0.6) is 0 Å². The van der Waals surface area contributed by atoms with Gasteiger partial charge in [-0.3, -0.25) is 4.79 Å². The summed E-state index contributed by atoms with van der Waals surface area (Å²) in [5.74, 6) is -0.126. The van der Waals surface area contributed by atoms with Crippen molar-refractivity contribution in [2.75, 3.05) is 6.61 Å². The molecule has 0 aromatic heterocycles. The van der Waals surface area contributed by atoms with Crippen molar-refractivity contribution in [3.63, 3.8) is 0 Å². The first-order chi connectivity index (χ1) is 5.81. The standard InChI is InChI=1S/C10H16O2/c1-3-5-7-8-10(11)12-9-6-4-2/h3-4H,1-2,5-9H2. The lowest BCUT2D eigenvalue weighted by Gasteiger charge is -2.00. The molecule has 0 aromatic rings. The molecule has 0 rings (SSSR count). The lowest BCUT2D eigenvalue weighted by molar-refractivity contribution is -0.143. The number of rotatable bonds is 7. The summed E-state index contributed by atoms with van der Waals surface area (Å²) in [7, 11) is 0. The molecule has 0 bridgehead atoms. The predicted molar refractivity (Wildman–Crippen MR) is 49.8 cm³/mol. The molecule has 0 aliphatic heterocycles. The van der Waals surface area contributed by atoms with Crippen molar-refractivity contribution in [1.82, 2.24) is 0 Å². The minimum atomic E-state index is -0.126. The van der Waals surface area contributed by atoms with E-state index >= 15 is 0 Å². The average molecular weight is 168 g/mol. The molecule has 0 fully saturated rings. The smallest absolute Gasteiger partial charge is 0.305 e. The van der Waals surface area contributed by atoms with Crippen LogP contribution in [0.4, 0.5) is 0 Å². The molecule has 0 N–H and O–H groups in total. The highest BCUT2D eigenvalue weighted by molar-refractivity contribution is 5.69. The largest absolute Gasteiger partial charge is 0.465 e. The lowest BCUT2D eigenvalue weighted by Crippen LogP contribution is -2.04. The molecule has 2 nitrogen and oxygen atoms in total. The van der Waals surface area contributed by atoms with E-state index in [2.05, 4.69) is 13.2 Å². The maximum Gasteiger partial charge on any atom is 0.305 e. The van der Waals surface area contributed by atoms with Gasteiger partial charge in [-0.25, -0.2) is 0 Å². The molecular formula is C10H16O2. The number of allylic oxidation sites excluding steroid dienone is 1. The van der Waals surface area contributed by atoms with Crippen LogP contribution in [0.25, 0.3) is 0 Å². The van der Waals surface area contributed by atoms with Gasteiger partial charge in [-0.1, -0.05) is 12.2 Å². The van der Waals surface area contributed by atoms with Crippen LogP contribution in [0.2, 0.25) is 0 Å². The first-order valence-corrected chi connectivity index (χ1v) is 4.18. The van der Waals surface area contributed by atoms with Crippen molar-refractivity contribution >= 4 is 5.97 Å². The van der Waals surface area contributed by atoms with E-state index in [4.69, 9.17) is 4.74 Å². The Bertz CT molecular complexity index is 134. The summed E-state index contributed by atoms with van der Waals surface area (Å²) in [6, 6.07) is 0. The van der Waals surface area contributed by atoms with Gasteiger partial charge in [0.2, 0.25) is 0 Å². The molecule has 68 valence electrons. The van der Waals surface area contributed by atoms with E-state index in [0.717, 1.165) is 19.3 Å². The minimum Gasteiger partial charge on any atom is -0.465 e. The van der Waals surface area contributed by atoms with Gasteiger partial charge in [-0.15, -0.1) is 13.2 Å². The third-order valence-electron chi connectivity index (χ3n) is 1.37. The highest BCUT2D eigenvalue weighted by Gasteiger charge is 1.99. The Balaban J connectivity index is 3.21. The zero-order chi connectivity index (χ0) is 9.23. The Morgan fingerprint density at radius 2 is 1.92 bits per heavy atom. The second kappa shape index (κ2) is 8.05. The molecule has 0 heterocycles. The molecular weight excluding hydrogens is 152 g/mol. The first kappa shape index (κ1) is 11.0. The fourth-order valence-corrected chi connectivity index (χ4v) is 0.719. The van der Waals surface area contributed by atoms with Crippen molar-refractivity contribution in [1.29, 1.82) is 0 Å². The molecule has 0 atom stereocenters. The lowest BCUT2D eigenvalue weighted by atomic mass is 10.2. The molecule has 12 heavy (non-hydrogen) atoms. The number of hydrogen-bond acceptors (Lipinski definition) is 2. The number of unbranched alkanes of at least 4 members (excludes halogenated alkanes) is 1. The Hall–Kier alpha value is -1.05. The van der Waals surface area contributed by atoms with E-state index in [0.29, 0.717) is 13.0 Å². The van der Waals surface area contributed by atoms with Crippen LogP contribution in [0, 0.1) is 0 Å². The van der Waals surface area contributed by atoms with Gasteiger partial charge in [-0.05, 0) is 19.3 Å². The Kier molecular flexibility index (Phi) is 7.35. The molecule has 0 spiro atoms. The van der Waals surface area contributed by atoms with Crippen LogP contribution in [-0.4, -0.2) is 12.6 Å². The van der Waals surface area contributed by atoms with E-state index < -0.39 is 0 Å². The topological polar surface area (TPSA) is 26.3 Å². The third kappa shape index (κ3) is 7.06. The van der Waals surface area contributed by atoms with Gasteiger partial charge < -0.3 is 4.74 Å². The molecule has 0 aromatic carbocycles. The van der Waals surface area contributed by atoms with Crippen molar-refractivity contribution in [3.8, 4) is 0 Å². The van der Waals surface area contributed by atoms with Crippen LogP contribution >= 0.6 is 0 Å². The fraction of sp³-hybridized carbons (Fsp3) is 0.500. The van der Waals surface area contributed by atoms with Gasteiger partial charge in [0, 0.05) is 6.42 Å². The molecule has 0 saturated carbocycles. The van der Waals surface area contributed by atoms with E-state index in [1.165, 1.54) is 0 Å². The number of esters is 1. The van der Waals surface area contributed by atoms with Gasteiger partial charge in [0.25, 0.3) is 0 Å². The van der Waals surface area contributed by atoms with Gasteiger partial charge in [0.1, 0.15) is 0 Å². The van der Waals surface area contributed by atoms with Gasteiger partial charge in [0.15, 0.2) is 0 Å². The van der Waals surface area contributed by atoms with Crippen LogP contribution in [0.1, 0.15) is 25.7 Å². The van der Waals surface area contributed by atoms with E-state index in [1.54, 1.807) is 12.2 Å². The Morgan fingerprint density at radius 3 is 2.50 bits per heavy atom. The normalized spacial score (nSPS) is 9.00. The first-order valence-electron chi connectivity index (χ1n) is 4.18. The summed E-state index contributed by atoms with van der Waals surface area (Å²) < 4.78 is 4.88.